The SMILES string of the molecule is CC(C)CN(CC(=O)O)C(C)c1ccccc1F. The highest BCUT2D eigenvalue weighted by Gasteiger charge is 2.21. The molecule has 0 spiro atoms. The highest BCUT2D eigenvalue weighted by atomic mass is 19.1. The second-order valence-corrected chi connectivity index (χ2v) is 4.91. The fraction of sp³-hybridized carbons (Fsp3) is 0.500. The number of carboxylic acids is 1. The van der Waals surface area contributed by atoms with Gasteiger partial charge in [-0.3, -0.25) is 9.69 Å². The Balaban J connectivity index is 2.90. The van der Waals surface area contributed by atoms with Gasteiger partial charge in [-0.25, -0.2) is 4.39 Å². The zero-order valence-corrected chi connectivity index (χ0v) is 11.1. The average Bonchev–Trinajstić information content (AvgIpc) is 2.26. The molecule has 18 heavy (non-hydrogen) atoms. The number of halogens is 1. The van der Waals surface area contributed by atoms with E-state index >= 15 is 0 Å². The monoisotopic (exact) mass is 253 g/mol. The van der Waals surface area contributed by atoms with Crippen molar-refractivity contribution < 1.29 is 14.3 Å². The van der Waals surface area contributed by atoms with Crippen molar-refractivity contribution in [3.63, 3.8) is 0 Å². The first-order chi connectivity index (χ1) is 8.41. The van der Waals surface area contributed by atoms with Crippen molar-refractivity contribution in [2.45, 2.75) is 26.8 Å². The standard InChI is InChI=1S/C14H20FNO2/c1-10(2)8-16(9-14(17)18)11(3)12-6-4-5-7-13(12)15/h4-7,10-11H,8-9H2,1-3H3,(H,17,18). The molecule has 0 radical (unpaired) electrons. The molecule has 0 aliphatic heterocycles. The molecule has 0 aliphatic rings. The molecule has 3 nitrogen and oxygen atoms in total. The highest BCUT2D eigenvalue weighted by Crippen LogP contribution is 2.23. The summed E-state index contributed by atoms with van der Waals surface area (Å²) >= 11 is 0. The first-order valence-corrected chi connectivity index (χ1v) is 6.12. The number of nitrogens with zero attached hydrogens (tertiary/aromatic N) is 1. The van der Waals surface area contributed by atoms with Crippen molar-refractivity contribution in [1.82, 2.24) is 4.90 Å². The lowest BCUT2D eigenvalue weighted by atomic mass is 10.0. The predicted molar refractivity (Wildman–Crippen MR) is 68.9 cm³/mol. The number of hydrogen-bond acceptors (Lipinski definition) is 2. The number of carbonyl (C=O) groups is 1. The maximum absolute atomic E-state index is 13.7. The summed E-state index contributed by atoms with van der Waals surface area (Å²) in [5, 5.41) is 8.93. The molecule has 0 aliphatic carbocycles. The average molecular weight is 253 g/mol. The van der Waals surface area contributed by atoms with Crippen molar-refractivity contribution in [1.29, 1.82) is 0 Å². The summed E-state index contributed by atoms with van der Waals surface area (Å²) in [6.07, 6.45) is 0. The number of benzene rings is 1. The molecule has 1 unspecified atom stereocenters. The zero-order chi connectivity index (χ0) is 13.7. The molecule has 1 N–H and O–H groups in total. The third-order valence-electron chi connectivity index (χ3n) is 2.84. The van der Waals surface area contributed by atoms with Crippen molar-refractivity contribution >= 4 is 5.97 Å². The van der Waals surface area contributed by atoms with Crippen molar-refractivity contribution in [3.05, 3.63) is 35.6 Å². The largest absolute Gasteiger partial charge is 0.480 e. The van der Waals surface area contributed by atoms with Crippen LogP contribution in [-0.2, 0) is 4.79 Å². The van der Waals surface area contributed by atoms with Gasteiger partial charge in [0.25, 0.3) is 0 Å². The lowest BCUT2D eigenvalue weighted by Gasteiger charge is -2.29. The Morgan fingerprint density at radius 1 is 1.33 bits per heavy atom. The van der Waals surface area contributed by atoms with Crippen LogP contribution in [0, 0.1) is 11.7 Å². The summed E-state index contributed by atoms with van der Waals surface area (Å²) in [6, 6.07) is 6.26. The molecule has 0 bridgehead atoms. The van der Waals surface area contributed by atoms with E-state index in [1.54, 1.807) is 23.1 Å². The van der Waals surface area contributed by atoms with Crippen LogP contribution in [0.4, 0.5) is 4.39 Å². The van der Waals surface area contributed by atoms with E-state index in [9.17, 15) is 9.18 Å². The second-order valence-electron chi connectivity index (χ2n) is 4.91. The minimum Gasteiger partial charge on any atom is -0.480 e. The van der Waals surface area contributed by atoms with E-state index in [-0.39, 0.29) is 18.4 Å². The van der Waals surface area contributed by atoms with E-state index in [2.05, 4.69) is 0 Å². The lowest BCUT2D eigenvalue weighted by Crippen LogP contribution is -2.35. The number of hydrogen-bond donors (Lipinski definition) is 1. The van der Waals surface area contributed by atoms with E-state index in [0.29, 0.717) is 18.0 Å². The Morgan fingerprint density at radius 3 is 2.44 bits per heavy atom. The van der Waals surface area contributed by atoms with E-state index in [4.69, 9.17) is 5.11 Å². The van der Waals surface area contributed by atoms with Crippen LogP contribution in [0.15, 0.2) is 24.3 Å². The summed E-state index contributed by atoms with van der Waals surface area (Å²) in [7, 11) is 0. The van der Waals surface area contributed by atoms with E-state index in [1.165, 1.54) is 6.07 Å². The molecular formula is C14H20FNO2. The minimum atomic E-state index is -0.890. The number of aliphatic carboxylic acids is 1. The Morgan fingerprint density at radius 2 is 1.94 bits per heavy atom. The fourth-order valence-electron chi connectivity index (χ4n) is 2.01. The minimum absolute atomic E-state index is 0.0757. The molecular weight excluding hydrogens is 233 g/mol. The first-order valence-electron chi connectivity index (χ1n) is 6.12. The van der Waals surface area contributed by atoms with Crippen LogP contribution in [-0.4, -0.2) is 29.1 Å². The molecule has 4 heteroatoms. The molecule has 0 fully saturated rings. The third kappa shape index (κ3) is 4.11. The van der Waals surface area contributed by atoms with Crippen LogP contribution in [0.1, 0.15) is 32.4 Å². The maximum atomic E-state index is 13.7. The van der Waals surface area contributed by atoms with Crippen LogP contribution in [0.5, 0.6) is 0 Å². The van der Waals surface area contributed by atoms with Crippen LogP contribution in [0.3, 0.4) is 0 Å². The molecule has 0 aromatic heterocycles. The normalized spacial score (nSPS) is 13.0. The summed E-state index contributed by atoms with van der Waals surface area (Å²) in [5.41, 5.74) is 0.541. The van der Waals surface area contributed by atoms with E-state index in [0.717, 1.165) is 0 Å². The van der Waals surface area contributed by atoms with Gasteiger partial charge in [-0.2, -0.15) is 0 Å². The molecule has 0 saturated carbocycles. The lowest BCUT2D eigenvalue weighted by molar-refractivity contribution is -0.139. The van der Waals surface area contributed by atoms with Gasteiger partial charge in [0.2, 0.25) is 0 Å². The molecule has 1 aromatic rings. The summed E-state index contributed by atoms with van der Waals surface area (Å²) in [4.78, 5) is 12.7. The van der Waals surface area contributed by atoms with Crippen LogP contribution < -0.4 is 0 Å². The zero-order valence-electron chi connectivity index (χ0n) is 11.1. The van der Waals surface area contributed by atoms with Gasteiger partial charge < -0.3 is 5.11 Å². The number of rotatable bonds is 6. The highest BCUT2D eigenvalue weighted by molar-refractivity contribution is 5.69. The second kappa shape index (κ2) is 6.50. The van der Waals surface area contributed by atoms with Gasteiger partial charge in [0, 0.05) is 18.2 Å². The van der Waals surface area contributed by atoms with E-state index < -0.39 is 5.97 Å². The molecule has 1 atom stereocenters. The van der Waals surface area contributed by atoms with Gasteiger partial charge in [0.05, 0.1) is 6.54 Å². The number of carboxylic acid groups (broad SMARTS) is 1. The Labute approximate surface area is 107 Å². The Hall–Kier alpha value is -1.42. The molecule has 1 aromatic carbocycles. The molecule has 1 rings (SSSR count). The Bertz CT molecular complexity index is 407. The molecule has 100 valence electrons. The van der Waals surface area contributed by atoms with Crippen molar-refractivity contribution in [2.75, 3.05) is 13.1 Å². The van der Waals surface area contributed by atoms with Gasteiger partial charge >= 0.3 is 5.97 Å². The first kappa shape index (κ1) is 14.6. The van der Waals surface area contributed by atoms with Crippen LogP contribution in [0.25, 0.3) is 0 Å². The van der Waals surface area contributed by atoms with Crippen molar-refractivity contribution in [2.24, 2.45) is 5.92 Å². The predicted octanol–water partition coefficient (Wildman–Crippen LogP) is 2.93. The van der Waals surface area contributed by atoms with Crippen molar-refractivity contribution in [3.8, 4) is 0 Å². The molecule has 0 amide bonds. The Kier molecular flexibility index (Phi) is 5.28. The fourth-order valence-corrected chi connectivity index (χ4v) is 2.01. The molecule has 0 saturated heterocycles. The smallest absolute Gasteiger partial charge is 0.317 e. The van der Waals surface area contributed by atoms with E-state index in [1.807, 2.05) is 20.8 Å². The maximum Gasteiger partial charge on any atom is 0.317 e. The van der Waals surface area contributed by atoms with Gasteiger partial charge in [-0.05, 0) is 18.9 Å². The van der Waals surface area contributed by atoms with Crippen LogP contribution >= 0.6 is 0 Å². The van der Waals surface area contributed by atoms with Gasteiger partial charge in [-0.15, -0.1) is 0 Å². The van der Waals surface area contributed by atoms with Gasteiger partial charge in [-0.1, -0.05) is 32.0 Å². The van der Waals surface area contributed by atoms with Crippen LogP contribution in [0.2, 0.25) is 0 Å². The summed E-state index contributed by atoms with van der Waals surface area (Å²) < 4.78 is 13.7. The summed E-state index contributed by atoms with van der Waals surface area (Å²) in [5.74, 6) is -0.846. The molecule has 0 heterocycles. The third-order valence-corrected chi connectivity index (χ3v) is 2.84. The summed E-state index contributed by atoms with van der Waals surface area (Å²) in [6.45, 7) is 6.42. The van der Waals surface area contributed by atoms with Gasteiger partial charge in [0.15, 0.2) is 0 Å². The van der Waals surface area contributed by atoms with Gasteiger partial charge in [0.1, 0.15) is 5.82 Å². The quantitative estimate of drug-likeness (QED) is 0.847. The topological polar surface area (TPSA) is 40.5 Å².